The number of thiophene rings is 1. The molecule has 35 heavy (non-hydrogen) atoms. The number of hydroxylamine groups is 1. The minimum Gasteiger partial charge on any atom is -0.373 e. The van der Waals surface area contributed by atoms with Gasteiger partial charge in [0.25, 0.3) is 0 Å². The van der Waals surface area contributed by atoms with E-state index in [9.17, 15) is 4.79 Å². The Labute approximate surface area is 216 Å². The van der Waals surface area contributed by atoms with E-state index in [1.54, 1.807) is 11.3 Å². The molecule has 1 aromatic carbocycles. The molecule has 11 heteroatoms. The predicted octanol–water partition coefficient (Wildman–Crippen LogP) is 6.02. The SMILES string of the molecule is O=C1NC(c2cc(N3CCC(OCc4c(-c5c(Cl)cccc5Cl)noc4C4CC4)CC3)cs2)NO1. The quantitative estimate of drug-likeness (QED) is 0.383. The average molecular weight is 535 g/mol. The molecule has 2 N–H and O–H groups in total. The zero-order chi connectivity index (χ0) is 23.9. The van der Waals surface area contributed by atoms with Gasteiger partial charge in [-0.15, -0.1) is 16.8 Å². The fraction of sp³-hybridized carbons (Fsp3) is 0.417. The Balaban J connectivity index is 1.10. The number of nitrogens with one attached hydrogen (secondary N) is 2. The lowest BCUT2D eigenvalue weighted by atomic mass is 10.0. The van der Waals surface area contributed by atoms with Crippen molar-refractivity contribution in [1.29, 1.82) is 0 Å². The smallest absolute Gasteiger partial charge is 0.373 e. The lowest BCUT2D eigenvalue weighted by Gasteiger charge is -2.33. The first-order valence-corrected chi connectivity index (χ1v) is 13.3. The first-order chi connectivity index (χ1) is 17.1. The fourth-order valence-corrected chi connectivity index (χ4v) is 6.09. The van der Waals surface area contributed by atoms with Crippen molar-refractivity contribution in [3.8, 4) is 11.3 Å². The molecule has 4 heterocycles. The van der Waals surface area contributed by atoms with Gasteiger partial charge in [0.1, 0.15) is 11.5 Å². The Bertz CT molecular complexity index is 1220. The lowest BCUT2D eigenvalue weighted by Crippen LogP contribution is -2.36. The molecule has 2 aromatic heterocycles. The zero-order valence-corrected chi connectivity index (χ0v) is 21.1. The predicted molar refractivity (Wildman–Crippen MR) is 134 cm³/mol. The highest BCUT2D eigenvalue weighted by Gasteiger charge is 2.34. The van der Waals surface area contributed by atoms with E-state index in [-0.39, 0.29) is 12.3 Å². The number of carbonyl (C=O) groups excluding carboxylic acids is 1. The summed E-state index contributed by atoms with van der Waals surface area (Å²) in [5.74, 6) is 1.30. The molecule has 2 aliphatic heterocycles. The number of piperidine rings is 1. The number of anilines is 1. The van der Waals surface area contributed by atoms with Gasteiger partial charge in [-0.3, -0.25) is 5.32 Å². The zero-order valence-electron chi connectivity index (χ0n) is 18.8. The topological polar surface area (TPSA) is 88.9 Å². The van der Waals surface area contributed by atoms with E-state index in [1.807, 2.05) is 18.2 Å². The van der Waals surface area contributed by atoms with Gasteiger partial charge in [0.2, 0.25) is 0 Å². The number of benzene rings is 1. The van der Waals surface area contributed by atoms with Crippen LogP contribution in [0.15, 0.2) is 34.2 Å². The summed E-state index contributed by atoms with van der Waals surface area (Å²) in [6.45, 7) is 2.21. The molecule has 6 rings (SSSR count). The van der Waals surface area contributed by atoms with Gasteiger partial charge in [0.05, 0.1) is 22.8 Å². The molecular formula is C24H24Cl2N4O4S. The van der Waals surface area contributed by atoms with E-state index in [0.29, 0.717) is 33.8 Å². The first-order valence-electron chi connectivity index (χ1n) is 11.7. The molecule has 1 amide bonds. The number of nitrogens with zero attached hydrogens (tertiary/aromatic N) is 2. The Morgan fingerprint density at radius 1 is 1.17 bits per heavy atom. The summed E-state index contributed by atoms with van der Waals surface area (Å²) in [4.78, 5) is 19.4. The van der Waals surface area contributed by atoms with Gasteiger partial charge in [-0.1, -0.05) is 34.4 Å². The second-order valence-corrected chi connectivity index (χ2v) is 10.8. The Morgan fingerprint density at radius 2 is 1.94 bits per heavy atom. The van der Waals surface area contributed by atoms with Crippen molar-refractivity contribution in [3.05, 3.63) is 55.9 Å². The molecule has 1 saturated carbocycles. The Kier molecular flexibility index (Phi) is 6.36. The number of ether oxygens (including phenoxy) is 1. The van der Waals surface area contributed by atoms with Crippen molar-refractivity contribution < 1.29 is 18.9 Å². The van der Waals surface area contributed by atoms with Gasteiger partial charge in [-0.05, 0) is 43.9 Å². The molecule has 3 aliphatic rings. The minimum absolute atomic E-state index is 0.144. The maximum absolute atomic E-state index is 11.3. The third-order valence-corrected chi connectivity index (χ3v) is 8.27. The third-order valence-electron chi connectivity index (χ3n) is 6.66. The van der Waals surface area contributed by atoms with Crippen LogP contribution in [0.5, 0.6) is 0 Å². The van der Waals surface area contributed by atoms with E-state index in [2.05, 4.69) is 32.3 Å². The average Bonchev–Trinajstić information content (AvgIpc) is 3.23. The summed E-state index contributed by atoms with van der Waals surface area (Å²) >= 11 is 14.5. The highest BCUT2D eigenvalue weighted by Crippen LogP contribution is 2.46. The van der Waals surface area contributed by atoms with Crippen LogP contribution in [0.25, 0.3) is 11.3 Å². The molecule has 1 aliphatic carbocycles. The van der Waals surface area contributed by atoms with Gasteiger partial charge >= 0.3 is 6.09 Å². The van der Waals surface area contributed by atoms with Crippen LogP contribution in [-0.4, -0.2) is 30.4 Å². The number of aromatic nitrogens is 1. The van der Waals surface area contributed by atoms with E-state index >= 15 is 0 Å². The molecular weight excluding hydrogens is 511 g/mol. The highest BCUT2D eigenvalue weighted by atomic mass is 35.5. The summed E-state index contributed by atoms with van der Waals surface area (Å²) in [5, 5.41) is 10.3. The van der Waals surface area contributed by atoms with Crippen molar-refractivity contribution in [2.75, 3.05) is 18.0 Å². The van der Waals surface area contributed by atoms with Crippen LogP contribution in [0.4, 0.5) is 10.5 Å². The molecule has 0 bridgehead atoms. The number of hydrogen-bond acceptors (Lipinski definition) is 8. The van der Waals surface area contributed by atoms with Crippen LogP contribution in [0.3, 0.4) is 0 Å². The van der Waals surface area contributed by atoms with Gasteiger partial charge in [0.15, 0.2) is 6.17 Å². The van der Waals surface area contributed by atoms with Crippen LogP contribution in [0.2, 0.25) is 10.0 Å². The van der Waals surface area contributed by atoms with Crippen LogP contribution in [-0.2, 0) is 16.2 Å². The van der Waals surface area contributed by atoms with Crippen molar-refractivity contribution in [1.82, 2.24) is 16.0 Å². The van der Waals surface area contributed by atoms with Crippen molar-refractivity contribution >= 4 is 46.3 Å². The summed E-state index contributed by atoms with van der Waals surface area (Å²) in [6.07, 6.45) is 3.42. The van der Waals surface area contributed by atoms with Gasteiger partial charge in [0, 0.05) is 46.1 Å². The summed E-state index contributed by atoms with van der Waals surface area (Å²) < 4.78 is 12.1. The largest absolute Gasteiger partial charge is 0.427 e. The van der Waals surface area contributed by atoms with Crippen LogP contribution >= 0.6 is 34.5 Å². The van der Waals surface area contributed by atoms with E-state index in [0.717, 1.165) is 60.7 Å². The standard InChI is InChI=1S/C24H24Cl2N4O4S/c25-17-2-1-3-18(26)20(17)21-16(22(33-28-21)13-4-5-13)11-32-15-6-8-30(9-7-15)14-10-19(35-12-14)23-27-24(31)34-29-23/h1-3,10,12-13,15,23,29H,4-9,11H2,(H,27,31). The first kappa shape index (κ1) is 23.1. The fourth-order valence-electron chi connectivity index (χ4n) is 4.61. The lowest BCUT2D eigenvalue weighted by molar-refractivity contribution is 0.0246. The number of amides is 1. The highest BCUT2D eigenvalue weighted by molar-refractivity contribution is 7.10. The van der Waals surface area contributed by atoms with Gasteiger partial charge in [-0.2, -0.15) is 0 Å². The molecule has 2 saturated heterocycles. The Morgan fingerprint density at radius 3 is 2.63 bits per heavy atom. The van der Waals surface area contributed by atoms with Crippen molar-refractivity contribution in [3.63, 3.8) is 0 Å². The van der Waals surface area contributed by atoms with Gasteiger partial charge < -0.3 is 19.0 Å². The molecule has 1 unspecified atom stereocenters. The molecule has 1 atom stereocenters. The monoisotopic (exact) mass is 534 g/mol. The summed E-state index contributed by atoms with van der Waals surface area (Å²) in [6, 6.07) is 7.55. The molecule has 3 fully saturated rings. The number of carbonyl (C=O) groups is 1. The third kappa shape index (κ3) is 4.75. The molecule has 8 nitrogen and oxygen atoms in total. The van der Waals surface area contributed by atoms with Crippen molar-refractivity contribution in [2.24, 2.45) is 0 Å². The van der Waals surface area contributed by atoms with Crippen molar-refractivity contribution in [2.45, 2.75) is 50.5 Å². The van der Waals surface area contributed by atoms with E-state index in [4.69, 9.17) is 37.3 Å². The van der Waals surface area contributed by atoms with Gasteiger partial charge in [-0.25, -0.2) is 4.79 Å². The number of hydrogen-bond donors (Lipinski definition) is 2. The number of halogens is 2. The minimum atomic E-state index is -0.458. The maximum Gasteiger partial charge on any atom is 0.427 e. The molecule has 0 radical (unpaired) electrons. The van der Waals surface area contributed by atoms with Crippen LogP contribution < -0.4 is 15.7 Å². The molecule has 0 spiro atoms. The van der Waals surface area contributed by atoms with Crippen LogP contribution in [0, 0.1) is 0 Å². The molecule has 3 aromatic rings. The summed E-state index contributed by atoms with van der Waals surface area (Å²) in [5.41, 5.74) is 6.19. The maximum atomic E-state index is 11.3. The Hall–Kier alpha value is -2.30. The van der Waals surface area contributed by atoms with Crippen LogP contribution in [0.1, 0.15) is 54.0 Å². The van der Waals surface area contributed by atoms with E-state index in [1.165, 1.54) is 0 Å². The second-order valence-electron chi connectivity index (χ2n) is 9.03. The second kappa shape index (κ2) is 9.63. The number of rotatable bonds is 7. The molecule has 184 valence electrons. The van der Waals surface area contributed by atoms with E-state index < -0.39 is 6.09 Å². The summed E-state index contributed by atoms with van der Waals surface area (Å²) in [7, 11) is 0. The normalized spacial score (nSPS) is 20.8.